The molecule has 3 aromatic rings. The second kappa shape index (κ2) is 6.26. The summed E-state index contributed by atoms with van der Waals surface area (Å²) in [5.74, 6) is 0.775. The maximum Gasteiger partial charge on any atom is 0.432 e. The minimum absolute atomic E-state index is 0.0456. The fraction of sp³-hybridized carbons (Fsp3) is 0.200. The third-order valence-corrected chi connectivity index (χ3v) is 3.42. The van der Waals surface area contributed by atoms with Crippen LogP contribution < -0.4 is 10.1 Å². The van der Waals surface area contributed by atoms with Crippen LogP contribution in [0.15, 0.2) is 36.7 Å². The number of ether oxygens (including phenoxy) is 1. The molecule has 0 amide bonds. The van der Waals surface area contributed by atoms with Crippen LogP contribution in [-0.4, -0.2) is 27.3 Å². The van der Waals surface area contributed by atoms with Crippen molar-refractivity contribution in [3.8, 4) is 17.0 Å². The average molecular weight is 337 g/mol. The van der Waals surface area contributed by atoms with Gasteiger partial charge in [-0.2, -0.15) is 18.3 Å². The van der Waals surface area contributed by atoms with Gasteiger partial charge in [-0.1, -0.05) is 0 Å². The molecule has 3 N–H and O–H groups in total. The first kappa shape index (κ1) is 15.9. The molecule has 0 aliphatic carbocycles. The highest BCUT2D eigenvalue weighted by Crippen LogP contribution is 2.28. The van der Waals surface area contributed by atoms with Crippen LogP contribution in [0.5, 0.6) is 5.75 Å². The number of nitrogens with one attached hydrogen (secondary N) is 3. The molecule has 0 unspecified atom stereocenters. The van der Waals surface area contributed by atoms with Crippen molar-refractivity contribution >= 4 is 5.95 Å². The van der Waals surface area contributed by atoms with Gasteiger partial charge in [0, 0.05) is 17.7 Å². The van der Waals surface area contributed by atoms with Crippen LogP contribution in [0.2, 0.25) is 0 Å². The number of halogens is 3. The minimum Gasteiger partial charge on any atom is -0.497 e. The quantitative estimate of drug-likeness (QED) is 0.666. The Morgan fingerprint density at radius 2 is 1.92 bits per heavy atom. The van der Waals surface area contributed by atoms with Gasteiger partial charge in [-0.3, -0.25) is 5.10 Å². The zero-order valence-corrected chi connectivity index (χ0v) is 12.6. The van der Waals surface area contributed by atoms with E-state index in [2.05, 4.69) is 25.5 Å². The van der Waals surface area contributed by atoms with Crippen molar-refractivity contribution in [3.63, 3.8) is 0 Å². The Morgan fingerprint density at radius 3 is 2.54 bits per heavy atom. The van der Waals surface area contributed by atoms with Crippen molar-refractivity contribution < 1.29 is 17.9 Å². The summed E-state index contributed by atoms with van der Waals surface area (Å²) in [6.45, 7) is 0.267. The van der Waals surface area contributed by atoms with Crippen LogP contribution in [-0.2, 0) is 12.7 Å². The van der Waals surface area contributed by atoms with Gasteiger partial charge in [-0.25, -0.2) is 4.98 Å². The van der Waals surface area contributed by atoms with E-state index in [1.165, 1.54) is 0 Å². The van der Waals surface area contributed by atoms with E-state index in [0.29, 0.717) is 0 Å². The molecule has 1 aromatic carbocycles. The Bertz CT molecular complexity index is 807. The molecule has 3 rings (SSSR count). The Hall–Kier alpha value is -2.97. The number of rotatable bonds is 5. The SMILES string of the molecule is COc1ccc(-c2[nH]ncc2CNc2ncc(C(F)(F)F)[nH]2)cc1. The molecule has 0 fully saturated rings. The van der Waals surface area contributed by atoms with Gasteiger partial charge in [0.05, 0.1) is 25.2 Å². The summed E-state index contributed by atoms with van der Waals surface area (Å²) < 4.78 is 42.7. The van der Waals surface area contributed by atoms with Crippen LogP contribution in [0.4, 0.5) is 19.1 Å². The molecule has 0 spiro atoms. The van der Waals surface area contributed by atoms with Gasteiger partial charge >= 0.3 is 6.18 Å². The van der Waals surface area contributed by atoms with E-state index in [9.17, 15) is 13.2 Å². The largest absolute Gasteiger partial charge is 0.497 e. The molecular weight excluding hydrogens is 323 g/mol. The molecule has 24 heavy (non-hydrogen) atoms. The lowest BCUT2D eigenvalue weighted by atomic mass is 10.1. The van der Waals surface area contributed by atoms with Gasteiger partial charge in [-0.15, -0.1) is 0 Å². The summed E-state index contributed by atoms with van der Waals surface area (Å²) in [6, 6.07) is 7.36. The third kappa shape index (κ3) is 3.34. The summed E-state index contributed by atoms with van der Waals surface area (Å²) in [5.41, 5.74) is 1.56. The molecular formula is C15H14F3N5O. The number of hydrogen-bond donors (Lipinski definition) is 3. The summed E-state index contributed by atoms with van der Waals surface area (Å²) >= 11 is 0. The second-order valence-electron chi connectivity index (χ2n) is 5.00. The van der Waals surface area contributed by atoms with Gasteiger partial charge in [-0.05, 0) is 24.3 Å². The molecule has 0 aliphatic rings. The number of aromatic amines is 2. The van der Waals surface area contributed by atoms with Crippen LogP contribution in [0.25, 0.3) is 11.3 Å². The van der Waals surface area contributed by atoms with Crippen molar-refractivity contribution in [1.29, 1.82) is 0 Å². The van der Waals surface area contributed by atoms with Crippen molar-refractivity contribution in [2.24, 2.45) is 0 Å². The Labute approximate surface area is 135 Å². The average Bonchev–Trinajstić information content (AvgIpc) is 3.21. The van der Waals surface area contributed by atoms with Crippen molar-refractivity contribution in [1.82, 2.24) is 20.2 Å². The first-order chi connectivity index (χ1) is 11.5. The number of anilines is 1. The zero-order chi connectivity index (χ0) is 17.2. The highest BCUT2D eigenvalue weighted by molar-refractivity contribution is 5.63. The van der Waals surface area contributed by atoms with Crippen LogP contribution >= 0.6 is 0 Å². The number of methoxy groups -OCH3 is 1. The van der Waals surface area contributed by atoms with E-state index < -0.39 is 11.9 Å². The molecule has 9 heteroatoms. The van der Waals surface area contributed by atoms with Crippen molar-refractivity contribution in [2.45, 2.75) is 12.7 Å². The maximum atomic E-state index is 12.5. The topological polar surface area (TPSA) is 78.6 Å². The molecule has 0 aliphatic heterocycles. The molecule has 2 aromatic heterocycles. The molecule has 6 nitrogen and oxygen atoms in total. The smallest absolute Gasteiger partial charge is 0.432 e. The molecule has 0 radical (unpaired) electrons. The standard InChI is InChI=1S/C15H14F3N5O/c1-24-11-4-2-9(3-5-11)13-10(7-21-23-13)6-19-14-20-8-12(22-14)15(16,17)18/h2-5,7-8H,6H2,1H3,(H,21,23)(H2,19,20,22). The number of imidazole rings is 1. The fourth-order valence-electron chi connectivity index (χ4n) is 2.19. The molecule has 0 saturated heterocycles. The van der Waals surface area contributed by atoms with Crippen molar-refractivity contribution in [3.05, 3.63) is 47.9 Å². The minimum atomic E-state index is -4.45. The zero-order valence-electron chi connectivity index (χ0n) is 12.6. The van der Waals surface area contributed by atoms with Gasteiger partial charge in [0.15, 0.2) is 0 Å². The van der Waals surface area contributed by atoms with Crippen LogP contribution in [0.3, 0.4) is 0 Å². The van der Waals surface area contributed by atoms with Crippen LogP contribution in [0, 0.1) is 0 Å². The first-order valence-electron chi connectivity index (χ1n) is 7.00. The molecule has 2 heterocycles. The lowest BCUT2D eigenvalue weighted by molar-refractivity contribution is -0.140. The Morgan fingerprint density at radius 1 is 1.17 bits per heavy atom. The maximum absolute atomic E-state index is 12.5. The Kier molecular flexibility index (Phi) is 4.15. The van der Waals surface area contributed by atoms with E-state index in [1.807, 2.05) is 24.3 Å². The number of hydrogen-bond acceptors (Lipinski definition) is 4. The fourth-order valence-corrected chi connectivity index (χ4v) is 2.19. The number of aromatic nitrogens is 4. The first-order valence-corrected chi connectivity index (χ1v) is 7.00. The predicted octanol–water partition coefficient (Wildman–Crippen LogP) is 3.44. The molecule has 126 valence electrons. The van der Waals surface area contributed by atoms with E-state index in [4.69, 9.17) is 4.74 Å². The molecule has 0 atom stereocenters. The van der Waals surface area contributed by atoms with Gasteiger partial charge in [0.1, 0.15) is 11.4 Å². The predicted molar refractivity (Wildman–Crippen MR) is 81.5 cm³/mol. The monoisotopic (exact) mass is 337 g/mol. The second-order valence-corrected chi connectivity index (χ2v) is 5.00. The summed E-state index contributed by atoms with van der Waals surface area (Å²) in [7, 11) is 1.58. The van der Waals surface area contributed by atoms with Gasteiger partial charge in [0.2, 0.25) is 5.95 Å². The summed E-state index contributed by atoms with van der Waals surface area (Å²) in [5, 5.41) is 9.70. The van der Waals surface area contributed by atoms with E-state index in [1.54, 1.807) is 13.3 Å². The number of alkyl halides is 3. The van der Waals surface area contributed by atoms with E-state index in [0.717, 1.165) is 28.8 Å². The highest BCUT2D eigenvalue weighted by atomic mass is 19.4. The number of H-pyrrole nitrogens is 2. The number of benzene rings is 1. The normalized spacial score (nSPS) is 11.5. The van der Waals surface area contributed by atoms with E-state index in [-0.39, 0.29) is 12.5 Å². The lowest BCUT2D eigenvalue weighted by Gasteiger charge is -2.06. The van der Waals surface area contributed by atoms with Gasteiger partial charge < -0.3 is 15.0 Å². The highest BCUT2D eigenvalue weighted by Gasteiger charge is 2.32. The number of nitrogens with zero attached hydrogens (tertiary/aromatic N) is 2. The van der Waals surface area contributed by atoms with Crippen LogP contribution in [0.1, 0.15) is 11.3 Å². The molecule has 0 bridgehead atoms. The Balaban J connectivity index is 1.72. The van der Waals surface area contributed by atoms with Crippen molar-refractivity contribution in [2.75, 3.05) is 12.4 Å². The lowest BCUT2D eigenvalue weighted by Crippen LogP contribution is -2.06. The molecule has 0 saturated carbocycles. The summed E-state index contributed by atoms with van der Waals surface area (Å²) in [4.78, 5) is 5.87. The summed E-state index contributed by atoms with van der Waals surface area (Å²) in [6.07, 6.45) is -2.08. The van der Waals surface area contributed by atoms with E-state index >= 15 is 0 Å². The third-order valence-electron chi connectivity index (χ3n) is 3.42. The van der Waals surface area contributed by atoms with Gasteiger partial charge in [0.25, 0.3) is 0 Å².